The van der Waals surface area contributed by atoms with Gasteiger partial charge in [0.2, 0.25) is 5.91 Å². The van der Waals surface area contributed by atoms with Crippen LogP contribution < -0.4 is 0 Å². The quantitative estimate of drug-likeness (QED) is 0.347. The molecule has 2 aromatic rings. The molecule has 1 fully saturated rings. The molecule has 2 aromatic carbocycles. The van der Waals surface area contributed by atoms with Crippen molar-refractivity contribution in [2.75, 3.05) is 32.1 Å². The number of rotatable bonds is 7. The van der Waals surface area contributed by atoms with Crippen LogP contribution in [0.15, 0.2) is 36.4 Å². The van der Waals surface area contributed by atoms with Crippen molar-refractivity contribution in [1.82, 2.24) is 9.80 Å². The van der Waals surface area contributed by atoms with Gasteiger partial charge in [-0.15, -0.1) is 12.4 Å². The highest BCUT2D eigenvalue weighted by atomic mass is 35.5. The highest BCUT2D eigenvalue weighted by Gasteiger charge is 2.40. The van der Waals surface area contributed by atoms with Crippen molar-refractivity contribution in [1.29, 1.82) is 0 Å². The minimum Gasteiger partial charge on any atom is -0.341 e. The summed E-state index contributed by atoms with van der Waals surface area (Å²) in [6.07, 6.45) is -8.65. The number of halogens is 8. The van der Waals surface area contributed by atoms with Crippen molar-refractivity contribution in [3.05, 3.63) is 70.0 Å². The van der Waals surface area contributed by atoms with Gasteiger partial charge in [-0.3, -0.25) is 9.69 Å². The Hall–Kier alpha value is -2.38. The molecule has 3 atom stereocenters. The van der Waals surface area contributed by atoms with Crippen molar-refractivity contribution in [3.63, 3.8) is 0 Å². The van der Waals surface area contributed by atoms with Crippen LogP contribution in [-0.4, -0.2) is 62.3 Å². The van der Waals surface area contributed by atoms with Gasteiger partial charge < -0.3 is 4.90 Å². The summed E-state index contributed by atoms with van der Waals surface area (Å²) < 4.78 is 117. The van der Waals surface area contributed by atoms with Crippen LogP contribution in [0.2, 0.25) is 0 Å². The Morgan fingerprint density at radius 2 is 1.61 bits per heavy atom. The predicted molar refractivity (Wildman–Crippen MR) is 143 cm³/mol. The number of amides is 1. The minimum absolute atomic E-state index is 0. The zero-order chi connectivity index (χ0) is 30.2. The van der Waals surface area contributed by atoms with E-state index in [4.69, 9.17) is 0 Å². The van der Waals surface area contributed by atoms with Crippen molar-refractivity contribution < 1.29 is 43.9 Å². The SMILES string of the molecule is Cc1cc(F)ccc1C1CN(C(C)CS(C)(=O)=O)CCC1C(=O)N(C)Cc1cc(C(F)(F)F)cc(C(F)(F)F)c1.Cl. The number of alkyl halides is 6. The Morgan fingerprint density at radius 1 is 1.05 bits per heavy atom. The number of piperidine rings is 1. The maximum atomic E-state index is 13.9. The maximum Gasteiger partial charge on any atom is 0.416 e. The first-order valence-electron chi connectivity index (χ1n) is 12.5. The van der Waals surface area contributed by atoms with Crippen LogP contribution in [0.3, 0.4) is 0 Å². The topological polar surface area (TPSA) is 57.7 Å². The first-order valence-corrected chi connectivity index (χ1v) is 14.5. The second kappa shape index (κ2) is 12.9. The van der Waals surface area contributed by atoms with E-state index in [-0.39, 0.29) is 48.8 Å². The Morgan fingerprint density at radius 3 is 2.10 bits per heavy atom. The average molecular weight is 633 g/mol. The Kier molecular flexibility index (Phi) is 10.9. The summed E-state index contributed by atoms with van der Waals surface area (Å²) in [5, 5.41) is 0. The van der Waals surface area contributed by atoms with Gasteiger partial charge in [-0.2, -0.15) is 26.3 Å². The number of benzene rings is 2. The van der Waals surface area contributed by atoms with Gasteiger partial charge in [-0.1, -0.05) is 6.07 Å². The molecular formula is C27H32ClF7N2O3S. The summed E-state index contributed by atoms with van der Waals surface area (Å²) in [7, 11) is -1.99. The van der Waals surface area contributed by atoms with Gasteiger partial charge in [0, 0.05) is 44.3 Å². The molecule has 0 radical (unpaired) electrons. The van der Waals surface area contributed by atoms with Gasteiger partial charge in [-0.05, 0) is 73.8 Å². The lowest BCUT2D eigenvalue weighted by molar-refractivity contribution is -0.143. The molecule has 1 aliphatic rings. The second-order valence-corrected chi connectivity index (χ2v) is 12.7. The third-order valence-corrected chi connectivity index (χ3v) is 8.29. The molecule has 3 unspecified atom stereocenters. The molecule has 14 heteroatoms. The Balaban J connectivity index is 0.00000588. The molecule has 0 saturated carbocycles. The number of likely N-dealkylation sites (tertiary alicyclic amines) is 1. The summed E-state index contributed by atoms with van der Waals surface area (Å²) in [4.78, 5) is 16.6. The molecular weight excluding hydrogens is 601 g/mol. The lowest BCUT2D eigenvalue weighted by Gasteiger charge is -2.42. The van der Waals surface area contributed by atoms with Crippen molar-refractivity contribution in [2.24, 2.45) is 5.92 Å². The molecule has 0 aliphatic carbocycles. The molecule has 41 heavy (non-hydrogen) atoms. The Labute approximate surface area is 241 Å². The third-order valence-electron chi connectivity index (χ3n) is 7.20. The molecule has 3 rings (SSSR count). The van der Waals surface area contributed by atoms with Gasteiger partial charge in [0.25, 0.3) is 0 Å². The van der Waals surface area contributed by atoms with E-state index in [2.05, 4.69) is 0 Å². The summed E-state index contributed by atoms with van der Waals surface area (Å²) in [6, 6.07) is 4.94. The third kappa shape index (κ3) is 9.05. The average Bonchev–Trinajstić information content (AvgIpc) is 2.81. The zero-order valence-corrected chi connectivity index (χ0v) is 24.4. The van der Waals surface area contributed by atoms with E-state index in [0.717, 1.165) is 11.2 Å². The minimum atomic E-state index is -5.01. The molecule has 1 amide bonds. The van der Waals surface area contributed by atoms with E-state index >= 15 is 0 Å². The first kappa shape index (κ1) is 34.8. The first-order chi connectivity index (χ1) is 18.3. The summed E-state index contributed by atoms with van der Waals surface area (Å²) in [5.74, 6) is -2.32. The summed E-state index contributed by atoms with van der Waals surface area (Å²) in [5.41, 5.74) is -2.04. The fourth-order valence-electron chi connectivity index (χ4n) is 5.33. The van der Waals surface area contributed by atoms with Crippen molar-refractivity contribution in [2.45, 2.75) is 51.1 Å². The number of carbonyl (C=O) groups is 1. The number of carbonyl (C=O) groups excluding carboxylic acids is 1. The molecule has 1 saturated heterocycles. The lowest BCUT2D eigenvalue weighted by Crippen LogP contribution is -2.50. The smallest absolute Gasteiger partial charge is 0.341 e. The molecule has 0 aromatic heterocycles. The standard InChI is InChI=1S/C27H31F7N2O3S.ClH/c1-16-9-21(28)5-6-22(16)24-14-36(17(2)15-40(4,38)39)8-7-23(24)25(37)35(3)13-18-10-19(26(29,30)31)12-20(11-18)27(32,33)34;/h5-6,9-12,17,23-24H,7-8,13-15H2,1-4H3;1H. The Bertz CT molecular complexity index is 1320. The monoisotopic (exact) mass is 632 g/mol. The van der Waals surface area contributed by atoms with E-state index in [1.807, 2.05) is 4.90 Å². The highest BCUT2D eigenvalue weighted by molar-refractivity contribution is 7.90. The van der Waals surface area contributed by atoms with Crippen molar-refractivity contribution in [3.8, 4) is 0 Å². The van der Waals surface area contributed by atoms with Crippen LogP contribution in [-0.2, 0) is 33.5 Å². The molecule has 0 spiro atoms. The molecule has 5 nitrogen and oxygen atoms in total. The van der Waals surface area contributed by atoms with Gasteiger partial charge in [-0.25, -0.2) is 12.8 Å². The fraction of sp³-hybridized carbons (Fsp3) is 0.519. The van der Waals surface area contributed by atoms with Crippen LogP contribution in [0, 0.1) is 18.7 Å². The normalized spacial score (nSPS) is 19.4. The number of nitrogens with zero attached hydrogens (tertiary/aromatic N) is 2. The van der Waals surface area contributed by atoms with E-state index in [1.54, 1.807) is 19.9 Å². The maximum absolute atomic E-state index is 13.9. The van der Waals surface area contributed by atoms with E-state index in [0.29, 0.717) is 29.8 Å². The highest BCUT2D eigenvalue weighted by Crippen LogP contribution is 2.38. The molecule has 0 N–H and O–H groups in total. The molecule has 230 valence electrons. The fourth-order valence-corrected chi connectivity index (χ4v) is 6.42. The molecule has 1 aliphatic heterocycles. The van der Waals surface area contributed by atoms with Gasteiger partial charge in [0.05, 0.1) is 16.9 Å². The predicted octanol–water partition coefficient (Wildman–Crippen LogP) is 6.09. The van der Waals surface area contributed by atoms with Gasteiger partial charge in [0.1, 0.15) is 15.7 Å². The lowest BCUT2D eigenvalue weighted by atomic mass is 9.78. The number of hydrogen-bond donors (Lipinski definition) is 0. The molecule has 0 bridgehead atoms. The number of aryl methyl sites for hydroxylation is 1. The largest absolute Gasteiger partial charge is 0.416 e. The van der Waals surface area contributed by atoms with Crippen LogP contribution in [0.25, 0.3) is 0 Å². The van der Waals surface area contributed by atoms with E-state index < -0.39 is 63.4 Å². The van der Waals surface area contributed by atoms with Gasteiger partial charge >= 0.3 is 12.4 Å². The van der Waals surface area contributed by atoms with Crippen LogP contribution >= 0.6 is 12.4 Å². The van der Waals surface area contributed by atoms with Crippen LogP contribution in [0.5, 0.6) is 0 Å². The van der Waals surface area contributed by atoms with Crippen molar-refractivity contribution >= 4 is 28.2 Å². The van der Waals surface area contributed by atoms with E-state index in [1.165, 1.54) is 19.2 Å². The summed E-state index contributed by atoms with van der Waals surface area (Å²) in [6.45, 7) is 3.53. The zero-order valence-electron chi connectivity index (χ0n) is 22.8. The summed E-state index contributed by atoms with van der Waals surface area (Å²) >= 11 is 0. The number of hydrogen-bond acceptors (Lipinski definition) is 4. The molecule has 1 heterocycles. The van der Waals surface area contributed by atoms with Crippen LogP contribution in [0.1, 0.15) is 47.1 Å². The van der Waals surface area contributed by atoms with Crippen LogP contribution in [0.4, 0.5) is 30.7 Å². The van der Waals surface area contributed by atoms with Gasteiger partial charge in [0.15, 0.2) is 0 Å². The van der Waals surface area contributed by atoms with E-state index in [9.17, 15) is 43.9 Å². The second-order valence-electron chi connectivity index (χ2n) is 10.5. The number of sulfone groups is 1.